The molecule has 4 heterocycles. The first-order chi connectivity index (χ1) is 9.83. The molecule has 7 heteroatoms. The summed E-state index contributed by atoms with van der Waals surface area (Å²) in [6.45, 7) is 0. The molecule has 3 aromatic heterocycles. The van der Waals surface area contributed by atoms with Crippen molar-refractivity contribution < 1.29 is 0 Å². The SMILES string of the molecule is O=c1[nH]c(-c2ncccn2)nc2sc3c(c12)CCCS3. The highest BCUT2D eigenvalue weighted by Crippen LogP contribution is 2.40. The minimum Gasteiger partial charge on any atom is -0.303 e. The van der Waals surface area contributed by atoms with E-state index in [1.165, 1.54) is 4.21 Å². The normalized spacial score (nSPS) is 14.4. The summed E-state index contributed by atoms with van der Waals surface area (Å²) in [5, 5.41) is 0.747. The van der Waals surface area contributed by atoms with Gasteiger partial charge in [0, 0.05) is 12.4 Å². The summed E-state index contributed by atoms with van der Waals surface area (Å²) in [4.78, 5) is 28.8. The van der Waals surface area contributed by atoms with Crippen molar-refractivity contribution in [3.63, 3.8) is 0 Å². The molecule has 1 N–H and O–H groups in total. The van der Waals surface area contributed by atoms with Crippen LogP contribution in [0.4, 0.5) is 0 Å². The van der Waals surface area contributed by atoms with Gasteiger partial charge in [0.15, 0.2) is 11.6 Å². The summed E-state index contributed by atoms with van der Waals surface area (Å²) in [6, 6.07) is 1.74. The Morgan fingerprint density at radius 3 is 2.95 bits per heavy atom. The molecule has 0 aromatic carbocycles. The molecular weight excluding hydrogens is 292 g/mol. The fourth-order valence-corrected chi connectivity index (χ4v) is 4.86. The van der Waals surface area contributed by atoms with Crippen LogP contribution in [-0.4, -0.2) is 25.7 Å². The number of aromatic amines is 1. The molecular formula is C13H10N4OS2. The Balaban J connectivity index is 1.97. The van der Waals surface area contributed by atoms with E-state index in [4.69, 9.17) is 0 Å². The molecule has 3 aromatic rings. The van der Waals surface area contributed by atoms with Gasteiger partial charge in [-0.3, -0.25) is 4.79 Å². The number of nitrogens with zero attached hydrogens (tertiary/aromatic N) is 3. The Bertz CT molecular complexity index is 841. The van der Waals surface area contributed by atoms with Crippen molar-refractivity contribution in [3.8, 4) is 11.6 Å². The molecule has 0 aliphatic carbocycles. The van der Waals surface area contributed by atoms with Crippen molar-refractivity contribution in [2.45, 2.75) is 17.1 Å². The molecule has 0 amide bonds. The number of H-pyrrole nitrogens is 1. The smallest absolute Gasteiger partial charge is 0.260 e. The van der Waals surface area contributed by atoms with Crippen molar-refractivity contribution in [3.05, 3.63) is 34.4 Å². The predicted molar refractivity (Wildman–Crippen MR) is 80.3 cm³/mol. The number of rotatable bonds is 1. The van der Waals surface area contributed by atoms with Gasteiger partial charge in [-0.25, -0.2) is 15.0 Å². The van der Waals surface area contributed by atoms with Crippen LogP contribution in [0.1, 0.15) is 12.0 Å². The van der Waals surface area contributed by atoms with Crippen LogP contribution < -0.4 is 5.56 Å². The Hall–Kier alpha value is -1.73. The second kappa shape index (κ2) is 4.68. The van der Waals surface area contributed by atoms with Gasteiger partial charge >= 0.3 is 0 Å². The van der Waals surface area contributed by atoms with E-state index in [1.54, 1.807) is 29.8 Å². The zero-order valence-electron chi connectivity index (χ0n) is 10.4. The Morgan fingerprint density at radius 2 is 2.10 bits per heavy atom. The average Bonchev–Trinajstić information content (AvgIpc) is 2.87. The molecule has 1 aliphatic rings. The van der Waals surface area contributed by atoms with Crippen LogP contribution in [0.25, 0.3) is 21.9 Å². The number of thioether (sulfide) groups is 1. The number of nitrogens with one attached hydrogen (secondary N) is 1. The van der Waals surface area contributed by atoms with E-state index in [-0.39, 0.29) is 5.56 Å². The van der Waals surface area contributed by atoms with Gasteiger partial charge in [-0.15, -0.1) is 23.1 Å². The van der Waals surface area contributed by atoms with E-state index >= 15 is 0 Å². The maximum Gasteiger partial charge on any atom is 0.260 e. The minimum atomic E-state index is -0.0857. The number of thiophene rings is 1. The van der Waals surface area contributed by atoms with Gasteiger partial charge in [0.2, 0.25) is 0 Å². The van der Waals surface area contributed by atoms with Gasteiger partial charge in [-0.2, -0.15) is 0 Å². The molecule has 0 bridgehead atoms. The molecule has 1 aliphatic heterocycles. The van der Waals surface area contributed by atoms with Gasteiger partial charge in [0.05, 0.1) is 9.60 Å². The van der Waals surface area contributed by atoms with Gasteiger partial charge in [0.1, 0.15) is 4.83 Å². The van der Waals surface area contributed by atoms with Crippen LogP contribution in [0.2, 0.25) is 0 Å². The van der Waals surface area contributed by atoms with Gasteiger partial charge in [0.25, 0.3) is 5.56 Å². The second-order valence-corrected chi connectivity index (χ2v) is 6.85. The highest BCUT2D eigenvalue weighted by atomic mass is 32.2. The fourth-order valence-electron chi connectivity index (χ4n) is 2.33. The Morgan fingerprint density at radius 1 is 1.25 bits per heavy atom. The zero-order valence-corrected chi connectivity index (χ0v) is 12.1. The first-order valence-electron chi connectivity index (χ1n) is 6.29. The van der Waals surface area contributed by atoms with E-state index in [1.807, 2.05) is 11.8 Å². The van der Waals surface area contributed by atoms with Crippen molar-refractivity contribution in [1.29, 1.82) is 0 Å². The third kappa shape index (κ3) is 1.85. The van der Waals surface area contributed by atoms with E-state index in [2.05, 4.69) is 19.9 Å². The first kappa shape index (κ1) is 12.0. The van der Waals surface area contributed by atoms with Crippen molar-refractivity contribution >= 4 is 33.3 Å². The Labute approximate surface area is 122 Å². The van der Waals surface area contributed by atoms with Gasteiger partial charge in [-0.1, -0.05) is 0 Å². The lowest BCUT2D eigenvalue weighted by Crippen LogP contribution is -2.11. The molecule has 0 unspecified atom stereocenters. The summed E-state index contributed by atoms with van der Waals surface area (Å²) < 4.78 is 1.23. The zero-order chi connectivity index (χ0) is 13.5. The van der Waals surface area contributed by atoms with E-state index in [9.17, 15) is 4.79 Å². The topological polar surface area (TPSA) is 71.5 Å². The molecule has 0 saturated heterocycles. The lowest BCUT2D eigenvalue weighted by Gasteiger charge is -2.08. The number of hydrogen-bond acceptors (Lipinski definition) is 6. The third-order valence-electron chi connectivity index (χ3n) is 3.21. The summed E-state index contributed by atoms with van der Waals surface area (Å²) in [6.07, 6.45) is 5.37. The van der Waals surface area contributed by atoms with Crippen LogP contribution in [0.15, 0.2) is 27.5 Å². The van der Waals surface area contributed by atoms with Crippen molar-refractivity contribution in [2.24, 2.45) is 0 Å². The minimum absolute atomic E-state index is 0.0857. The largest absolute Gasteiger partial charge is 0.303 e. The lowest BCUT2D eigenvalue weighted by atomic mass is 10.1. The summed E-state index contributed by atoms with van der Waals surface area (Å²) >= 11 is 3.42. The lowest BCUT2D eigenvalue weighted by molar-refractivity contribution is 0.910. The number of fused-ring (bicyclic) bond motifs is 3. The number of aromatic nitrogens is 4. The van der Waals surface area contributed by atoms with Crippen LogP contribution in [0, 0.1) is 0 Å². The molecule has 0 saturated carbocycles. The standard InChI is InChI=1S/C13H10N4OS2/c18-11-8-7-3-1-6-19-13(7)20-12(8)17-10(16-11)9-14-4-2-5-15-9/h2,4-5H,1,3,6H2,(H,16,17,18). The quantitative estimate of drug-likeness (QED) is 0.747. The van der Waals surface area contributed by atoms with Gasteiger partial charge in [-0.05, 0) is 30.2 Å². The Kier molecular flexibility index (Phi) is 2.82. The van der Waals surface area contributed by atoms with Crippen LogP contribution in [-0.2, 0) is 6.42 Å². The second-order valence-electron chi connectivity index (χ2n) is 4.49. The van der Waals surface area contributed by atoms with Crippen LogP contribution in [0.3, 0.4) is 0 Å². The van der Waals surface area contributed by atoms with E-state index in [0.29, 0.717) is 11.6 Å². The van der Waals surface area contributed by atoms with Gasteiger partial charge < -0.3 is 4.98 Å². The molecule has 20 heavy (non-hydrogen) atoms. The maximum absolute atomic E-state index is 12.4. The monoisotopic (exact) mass is 302 g/mol. The van der Waals surface area contributed by atoms with Crippen LogP contribution in [0.5, 0.6) is 0 Å². The third-order valence-corrected chi connectivity index (χ3v) is 5.73. The van der Waals surface area contributed by atoms with E-state index < -0.39 is 0 Å². The summed E-state index contributed by atoms with van der Waals surface area (Å²) in [7, 11) is 0. The maximum atomic E-state index is 12.4. The van der Waals surface area contributed by atoms with E-state index in [0.717, 1.165) is 34.4 Å². The number of aryl methyl sites for hydroxylation is 1. The average molecular weight is 302 g/mol. The van der Waals surface area contributed by atoms with Crippen molar-refractivity contribution in [2.75, 3.05) is 5.75 Å². The number of hydrogen-bond donors (Lipinski definition) is 1. The molecule has 4 rings (SSSR count). The molecule has 5 nitrogen and oxygen atoms in total. The summed E-state index contributed by atoms with van der Waals surface area (Å²) in [5.41, 5.74) is 1.08. The van der Waals surface area contributed by atoms with Crippen LogP contribution >= 0.6 is 23.1 Å². The highest BCUT2D eigenvalue weighted by Gasteiger charge is 2.20. The highest BCUT2D eigenvalue weighted by molar-refractivity contribution is 8.01. The summed E-state index contributed by atoms with van der Waals surface area (Å²) in [5.74, 6) is 2.00. The molecule has 0 spiro atoms. The molecule has 0 atom stereocenters. The molecule has 100 valence electrons. The predicted octanol–water partition coefficient (Wildman–Crippen LogP) is 2.48. The first-order valence-corrected chi connectivity index (χ1v) is 8.09. The molecule has 0 radical (unpaired) electrons. The fraction of sp³-hybridized carbons (Fsp3) is 0.231. The van der Waals surface area contributed by atoms with Crippen molar-refractivity contribution in [1.82, 2.24) is 19.9 Å². The molecule has 0 fully saturated rings.